The predicted octanol–water partition coefficient (Wildman–Crippen LogP) is 4.26. The van der Waals surface area contributed by atoms with Crippen LogP contribution >= 0.6 is 0 Å². The van der Waals surface area contributed by atoms with E-state index in [1.54, 1.807) is 42.5 Å². The molecule has 1 fully saturated rings. The number of hydrogen-bond acceptors (Lipinski definition) is 7. The number of carbonyl (C=O) groups is 1. The second kappa shape index (κ2) is 11.4. The third kappa shape index (κ3) is 6.43. The summed E-state index contributed by atoms with van der Waals surface area (Å²) in [7, 11) is 0. The Balaban J connectivity index is 1.34. The lowest BCUT2D eigenvalue weighted by Crippen LogP contribution is -2.38. The number of likely N-dealkylation sites (tertiary alicyclic amines) is 1. The van der Waals surface area contributed by atoms with Crippen molar-refractivity contribution in [3.8, 4) is 5.75 Å². The van der Waals surface area contributed by atoms with Crippen LogP contribution < -0.4 is 15.0 Å². The van der Waals surface area contributed by atoms with E-state index in [4.69, 9.17) is 4.74 Å². The molecule has 2 aromatic carbocycles. The SMILES string of the molecule is O=C(O)N(c1ccccc1)c1ccnc(Nc2ccc(OCC(O)CN3CCCCC3)cc2)n1. The number of aliphatic hydroxyl groups is 1. The number of carboxylic acid groups (broad SMARTS) is 1. The maximum atomic E-state index is 11.8. The van der Waals surface area contributed by atoms with E-state index in [9.17, 15) is 15.0 Å². The zero-order chi connectivity index (χ0) is 23.8. The average Bonchev–Trinajstić information content (AvgIpc) is 2.85. The van der Waals surface area contributed by atoms with Crippen molar-refractivity contribution in [2.75, 3.05) is 36.5 Å². The standard InChI is InChI=1S/C25H29N5O4/c31-21(17-29-15-5-2-6-16-29)18-34-22-11-9-19(10-12-22)27-24-26-14-13-23(28-24)30(25(32)33)20-7-3-1-4-8-20/h1,3-4,7-14,21,31H,2,5-6,15-18H2,(H,32,33)(H,26,27,28). The van der Waals surface area contributed by atoms with E-state index < -0.39 is 12.2 Å². The number of β-amino-alcohol motifs (C(OH)–C–C–N with tert-alkyl or cyclic N) is 1. The van der Waals surface area contributed by atoms with E-state index in [0.29, 0.717) is 18.0 Å². The summed E-state index contributed by atoms with van der Waals surface area (Å²) in [5, 5.41) is 23.0. The highest BCUT2D eigenvalue weighted by Gasteiger charge is 2.19. The first-order chi connectivity index (χ1) is 16.6. The van der Waals surface area contributed by atoms with Crippen molar-refractivity contribution in [3.63, 3.8) is 0 Å². The molecule has 1 aliphatic heterocycles. The van der Waals surface area contributed by atoms with Gasteiger partial charge in [-0.05, 0) is 62.3 Å². The van der Waals surface area contributed by atoms with Crippen LogP contribution in [0.5, 0.6) is 5.75 Å². The molecule has 0 bridgehead atoms. The molecule has 1 atom stereocenters. The number of hydrogen-bond donors (Lipinski definition) is 3. The molecule has 9 heteroatoms. The fraction of sp³-hybridized carbons (Fsp3) is 0.320. The summed E-state index contributed by atoms with van der Waals surface area (Å²) in [5.41, 5.74) is 1.21. The summed E-state index contributed by atoms with van der Waals surface area (Å²) in [6.45, 7) is 2.94. The lowest BCUT2D eigenvalue weighted by atomic mass is 10.1. The first kappa shape index (κ1) is 23.5. The Labute approximate surface area is 198 Å². The fourth-order valence-corrected chi connectivity index (χ4v) is 3.90. The monoisotopic (exact) mass is 463 g/mol. The number of benzene rings is 2. The van der Waals surface area contributed by atoms with Crippen molar-refractivity contribution in [1.29, 1.82) is 0 Å². The van der Waals surface area contributed by atoms with Gasteiger partial charge in [-0.3, -0.25) is 0 Å². The van der Waals surface area contributed by atoms with E-state index in [0.717, 1.165) is 23.7 Å². The Morgan fingerprint density at radius 3 is 2.50 bits per heavy atom. The zero-order valence-corrected chi connectivity index (χ0v) is 18.9. The Hall–Kier alpha value is -3.69. The van der Waals surface area contributed by atoms with Crippen LogP contribution in [0.15, 0.2) is 66.9 Å². The molecule has 1 aliphatic rings. The molecule has 1 aromatic heterocycles. The van der Waals surface area contributed by atoms with Crippen LogP contribution in [0.3, 0.4) is 0 Å². The highest BCUT2D eigenvalue weighted by molar-refractivity contribution is 5.93. The Morgan fingerprint density at radius 2 is 1.79 bits per heavy atom. The van der Waals surface area contributed by atoms with Gasteiger partial charge in [0.25, 0.3) is 0 Å². The smallest absolute Gasteiger partial charge is 0.417 e. The van der Waals surface area contributed by atoms with Crippen molar-refractivity contribution in [2.45, 2.75) is 25.4 Å². The molecule has 3 N–H and O–H groups in total. The van der Waals surface area contributed by atoms with Crippen LogP contribution in [0, 0.1) is 0 Å². The number of anilines is 4. The van der Waals surface area contributed by atoms with Gasteiger partial charge in [0.15, 0.2) is 0 Å². The summed E-state index contributed by atoms with van der Waals surface area (Å²) in [6, 6.07) is 17.5. The van der Waals surface area contributed by atoms with Gasteiger partial charge in [0, 0.05) is 24.5 Å². The lowest BCUT2D eigenvalue weighted by Gasteiger charge is -2.28. The summed E-state index contributed by atoms with van der Waals surface area (Å²) in [4.78, 5) is 23.8. The topological polar surface area (TPSA) is 111 Å². The largest absolute Gasteiger partial charge is 0.491 e. The normalized spacial score (nSPS) is 14.9. The van der Waals surface area contributed by atoms with Gasteiger partial charge in [-0.1, -0.05) is 24.6 Å². The third-order valence-corrected chi connectivity index (χ3v) is 5.55. The third-order valence-electron chi connectivity index (χ3n) is 5.55. The van der Waals surface area contributed by atoms with Crippen LogP contribution in [-0.4, -0.2) is 63.5 Å². The molecule has 4 rings (SSSR count). The summed E-state index contributed by atoms with van der Waals surface area (Å²) in [6.07, 6.45) is 3.48. The molecular formula is C25H29N5O4. The molecule has 1 saturated heterocycles. The molecule has 3 aromatic rings. The minimum atomic E-state index is -1.14. The number of piperidine rings is 1. The Bertz CT molecular complexity index is 1060. The van der Waals surface area contributed by atoms with Crippen LogP contribution in [0.25, 0.3) is 0 Å². The van der Waals surface area contributed by atoms with E-state index in [1.807, 2.05) is 18.2 Å². The number of para-hydroxylation sites is 1. The minimum Gasteiger partial charge on any atom is -0.491 e. The van der Waals surface area contributed by atoms with Gasteiger partial charge in [0.1, 0.15) is 24.3 Å². The molecule has 1 unspecified atom stereocenters. The number of rotatable bonds is 9. The number of nitrogens with zero attached hydrogens (tertiary/aromatic N) is 4. The summed E-state index contributed by atoms with van der Waals surface area (Å²) >= 11 is 0. The first-order valence-corrected chi connectivity index (χ1v) is 11.4. The molecule has 1 amide bonds. The van der Waals surface area contributed by atoms with Gasteiger partial charge in [0.2, 0.25) is 5.95 Å². The van der Waals surface area contributed by atoms with Gasteiger partial charge >= 0.3 is 6.09 Å². The Morgan fingerprint density at radius 1 is 1.06 bits per heavy atom. The molecule has 0 radical (unpaired) electrons. The minimum absolute atomic E-state index is 0.235. The second-order valence-electron chi connectivity index (χ2n) is 8.17. The number of aliphatic hydroxyl groups excluding tert-OH is 1. The predicted molar refractivity (Wildman–Crippen MR) is 130 cm³/mol. The van der Waals surface area contributed by atoms with Gasteiger partial charge in [-0.25, -0.2) is 14.7 Å². The summed E-state index contributed by atoms with van der Waals surface area (Å²) < 4.78 is 5.73. The number of aromatic nitrogens is 2. The van der Waals surface area contributed by atoms with Gasteiger partial charge < -0.3 is 25.2 Å². The highest BCUT2D eigenvalue weighted by Crippen LogP contribution is 2.25. The molecule has 9 nitrogen and oxygen atoms in total. The Kier molecular flexibility index (Phi) is 7.90. The van der Waals surface area contributed by atoms with Crippen LogP contribution in [0.2, 0.25) is 0 Å². The highest BCUT2D eigenvalue weighted by atomic mass is 16.5. The molecular weight excluding hydrogens is 434 g/mol. The van der Waals surface area contributed by atoms with Crippen molar-refractivity contribution < 1.29 is 19.7 Å². The van der Waals surface area contributed by atoms with Crippen LogP contribution in [0.1, 0.15) is 19.3 Å². The van der Waals surface area contributed by atoms with Crippen molar-refractivity contribution in [2.24, 2.45) is 0 Å². The van der Waals surface area contributed by atoms with Crippen LogP contribution in [-0.2, 0) is 0 Å². The lowest BCUT2D eigenvalue weighted by molar-refractivity contribution is 0.0617. The average molecular weight is 464 g/mol. The van der Waals surface area contributed by atoms with E-state index in [-0.39, 0.29) is 18.4 Å². The summed E-state index contributed by atoms with van der Waals surface area (Å²) in [5.74, 6) is 1.16. The fourth-order valence-electron chi connectivity index (χ4n) is 3.90. The van der Waals surface area contributed by atoms with Crippen LogP contribution in [0.4, 0.5) is 27.9 Å². The first-order valence-electron chi connectivity index (χ1n) is 11.4. The van der Waals surface area contributed by atoms with Crippen molar-refractivity contribution in [3.05, 3.63) is 66.9 Å². The molecule has 2 heterocycles. The van der Waals surface area contributed by atoms with Crippen molar-refractivity contribution in [1.82, 2.24) is 14.9 Å². The quantitative estimate of drug-likeness (QED) is 0.432. The molecule has 34 heavy (non-hydrogen) atoms. The van der Waals surface area contributed by atoms with E-state index in [1.165, 1.54) is 25.5 Å². The number of amides is 1. The van der Waals surface area contributed by atoms with Gasteiger partial charge in [-0.15, -0.1) is 0 Å². The molecule has 0 aliphatic carbocycles. The number of ether oxygens (including phenoxy) is 1. The van der Waals surface area contributed by atoms with E-state index >= 15 is 0 Å². The zero-order valence-electron chi connectivity index (χ0n) is 18.9. The molecule has 178 valence electrons. The maximum Gasteiger partial charge on any atom is 0.417 e. The van der Waals surface area contributed by atoms with Gasteiger partial charge in [0.05, 0.1) is 5.69 Å². The second-order valence-corrected chi connectivity index (χ2v) is 8.17. The maximum absolute atomic E-state index is 11.8. The molecule has 0 saturated carbocycles. The van der Waals surface area contributed by atoms with Crippen molar-refractivity contribution >= 4 is 29.2 Å². The number of nitrogens with one attached hydrogen (secondary N) is 1. The van der Waals surface area contributed by atoms with E-state index in [2.05, 4.69) is 20.2 Å². The molecule has 0 spiro atoms. The van der Waals surface area contributed by atoms with Gasteiger partial charge in [-0.2, -0.15) is 4.98 Å².